The standard InChI is InChI=1S/C16H30N4O5S3/c1-8(2)12(15(23)19-11(7-27)16(24)25)20-14(22)10(6-26)18-13(21)9(17)4-5-28-3/h8-12,26-27H,4-7,17H2,1-3H3,(H,18,21)(H,19,23)(H,20,22)(H,24,25). The summed E-state index contributed by atoms with van der Waals surface area (Å²) in [7, 11) is 0. The zero-order valence-corrected chi connectivity index (χ0v) is 18.8. The molecule has 0 spiro atoms. The van der Waals surface area contributed by atoms with Crippen molar-refractivity contribution in [2.75, 3.05) is 23.5 Å². The summed E-state index contributed by atoms with van der Waals surface area (Å²) < 4.78 is 0. The van der Waals surface area contributed by atoms with Crippen molar-refractivity contribution < 1.29 is 24.3 Å². The van der Waals surface area contributed by atoms with Crippen molar-refractivity contribution in [1.82, 2.24) is 16.0 Å². The number of rotatable bonds is 13. The van der Waals surface area contributed by atoms with Gasteiger partial charge in [0.2, 0.25) is 17.7 Å². The van der Waals surface area contributed by atoms with Crippen LogP contribution < -0.4 is 21.7 Å². The van der Waals surface area contributed by atoms with Crippen molar-refractivity contribution in [3.05, 3.63) is 0 Å². The van der Waals surface area contributed by atoms with Crippen LogP contribution in [0.3, 0.4) is 0 Å². The maximum Gasteiger partial charge on any atom is 0.327 e. The van der Waals surface area contributed by atoms with Gasteiger partial charge in [-0.1, -0.05) is 13.8 Å². The van der Waals surface area contributed by atoms with Crippen LogP contribution in [0.1, 0.15) is 20.3 Å². The van der Waals surface area contributed by atoms with Crippen molar-refractivity contribution in [3.8, 4) is 0 Å². The Morgan fingerprint density at radius 1 is 0.964 bits per heavy atom. The number of thiol groups is 2. The van der Waals surface area contributed by atoms with E-state index in [-0.39, 0.29) is 17.4 Å². The summed E-state index contributed by atoms with van der Waals surface area (Å²) >= 11 is 9.53. The van der Waals surface area contributed by atoms with E-state index in [1.54, 1.807) is 25.6 Å². The number of carboxylic acids is 1. The quantitative estimate of drug-likeness (QED) is 0.179. The molecule has 4 atom stereocenters. The zero-order valence-electron chi connectivity index (χ0n) is 16.2. The van der Waals surface area contributed by atoms with E-state index in [9.17, 15) is 19.2 Å². The lowest BCUT2D eigenvalue weighted by Gasteiger charge is -2.26. The molecule has 0 aliphatic heterocycles. The summed E-state index contributed by atoms with van der Waals surface area (Å²) in [6, 6.07) is -3.90. The molecule has 0 aromatic heterocycles. The lowest BCUT2D eigenvalue weighted by atomic mass is 10.0. The molecule has 9 nitrogen and oxygen atoms in total. The minimum absolute atomic E-state index is 0.00759. The van der Waals surface area contributed by atoms with Gasteiger partial charge in [-0.15, -0.1) is 0 Å². The third kappa shape index (κ3) is 9.39. The molecule has 0 rings (SSSR count). The third-order valence-corrected chi connectivity index (χ3v) is 5.20. The second-order valence-corrected chi connectivity index (χ2v) is 8.16. The summed E-state index contributed by atoms with van der Waals surface area (Å²) in [6.07, 6.45) is 2.36. The van der Waals surface area contributed by atoms with Crippen LogP contribution in [0.4, 0.5) is 0 Å². The normalized spacial score (nSPS) is 15.2. The van der Waals surface area contributed by atoms with Crippen LogP contribution in [0, 0.1) is 5.92 Å². The zero-order chi connectivity index (χ0) is 21.9. The van der Waals surface area contributed by atoms with Crippen LogP contribution in [0.2, 0.25) is 0 Å². The van der Waals surface area contributed by atoms with Gasteiger partial charge >= 0.3 is 5.97 Å². The number of amides is 3. The number of thioether (sulfide) groups is 1. The van der Waals surface area contributed by atoms with Gasteiger partial charge in [0.05, 0.1) is 6.04 Å². The van der Waals surface area contributed by atoms with Crippen molar-refractivity contribution in [1.29, 1.82) is 0 Å². The number of carbonyl (C=O) groups is 4. The molecular formula is C16H30N4O5S3. The van der Waals surface area contributed by atoms with E-state index >= 15 is 0 Å². The lowest BCUT2D eigenvalue weighted by molar-refractivity contribution is -0.141. The number of hydrogen-bond acceptors (Lipinski definition) is 8. The molecular weight excluding hydrogens is 424 g/mol. The van der Waals surface area contributed by atoms with Gasteiger partial charge in [0, 0.05) is 11.5 Å². The first-order chi connectivity index (χ1) is 13.1. The molecule has 0 fully saturated rings. The average Bonchev–Trinajstić information content (AvgIpc) is 2.64. The van der Waals surface area contributed by atoms with Gasteiger partial charge in [0.1, 0.15) is 18.1 Å². The van der Waals surface area contributed by atoms with Crippen LogP contribution in [-0.4, -0.2) is 76.5 Å². The number of nitrogens with one attached hydrogen (secondary N) is 3. The number of carboxylic acid groups (broad SMARTS) is 1. The Morgan fingerprint density at radius 2 is 1.50 bits per heavy atom. The number of carbonyl (C=O) groups excluding carboxylic acids is 3. The van der Waals surface area contributed by atoms with E-state index < -0.39 is 47.9 Å². The SMILES string of the molecule is CSCCC(N)C(=O)NC(CS)C(=O)NC(C(=O)NC(CS)C(=O)O)C(C)C. The van der Waals surface area contributed by atoms with Gasteiger partial charge < -0.3 is 26.8 Å². The summed E-state index contributed by atoms with van der Waals surface area (Å²) in [6.45, 7) is 3.40. The molecule has 0 aromatic carbocycles. The summed E-state index contributed by atoms with van der Waals surface area (Å²) in [5.74, 6) is -2.66. The molecule has 0 radical (unpaired) electrons. The second kappa shape index (κ2) is 14.0. The molecule has 0 bridgehead atoms. The smallest absolute Gasteiger partial charge is 0.327 e. The number of aliphatic carboxylic acids is 1. The molecule has 0 aliphatic carbocycles. The van der Waals surface area contributed by atoms with Gasteiger partial charge in [-0.25, -0.2) is 4.79 Å². The number of nitrogens with two attached hydrogens (primary N) is 1. The van der Waals surface area contributed by atoms with Gasteiger partial charge in [0.25, 0.3) is 0 Å². The van der Waals surface area contributed by atoms with E-state index in [4.69, 9.17) is 10.8 Å². The van der Waals surface area contributed by atoms with Crippen molar-refractivity contribution in [2.24, 2.45) is 11.7 Å². The molecule has 28 heavy (non-hydrogen) atoms. The first-order valence-corrected chi connectivity index (χ1v) is 11.3. The highest BCUT2D eigenvalue weighted by molar-refractivity contribution is 7.98. The van der Waals surface area contributed by atoms with E-state index in [1.807, 2.05) is 6.26 Å². The summed E-state index contributed by atoms with van der Waals surface area (Å²) in [5.41, 5.74) is 5.79. The molecule has 0 saturated heterocycles. The fourth-order valence-corrected chi connectivity index (χ4v) is 3.08. The van der Waals surface area contributed by atoms with Crippen LogP contribution in [0.15, 0.2) is 0 Å². The Balaban J connectivity index is 5.02. The Hall–Kier alpha value is -1.11. The van der Waals surface area contributed by atoms with Gasteiger partial charge in [-0.3, -0.25) is 14.4 Å². The largest absolute Gasteiger partial charge is 0.480 e. The van der Waals surface area contributed by atoms with E-state index in [0.717, 1.165) is 0 Å². The van der Waals surface area contributed by atoms with Crippen LogP contribution >= 0.6 is 37.0 Å². The number of hydrogen-bond donors (Lipinski definition) is 7. The second-order valence-electron chi connectivity index (χ2n) is 6.44. The highest BCUT2D eigenvalue weighted by Crippen LogP contribution is 2.05. The molecule has 0 heterocycles. The van der Waals surface area contributed by atoms with E-state index in [1.165, 1.54) is 0 Å². The van der Waals surface area contributed by atoms with Gasteiger partial charge in [0.15, 0.2) is 0 Å². The van der Waals surface area contributed by atoms with Crippen molar-refractivity contribution in [2.45, 2.75) is 44.4 Å². The first kappa shape index (κ1) is 26.9. The Labute approximate surface area is 180 Å². The summed E-state index contributed by atoms with van der Waals surface area (Å²) in [5, 5.41) is 16.4. The lowest BCUT2D eigenvalue weighted by Crippen LogP contribution is -2.59. The minimum atomic E-state index is -1.23. The molecule has 6 N–H and O–H groups in total. The summed E-state index contributed by atoms with van der Waals surface area (Å²) in [4.78, 5) is 48.1. The molecule has 0 saturated carbocycles. The molecule has 0 aliphatic rings. The maximum atomic E-state index is 12.5. The van der Waals surface area contributed by atoms with Gasteiger partial charge in [-0.05, 0) is 24.3 Å². The predicted octanol–water partition coefficient (Wildman–Crippen LogP) is -0.879. The Bertz CT molecular complexity index is 550. The topological polar surface area (TPSA) is 151 Å². The first-order valence-electron chi connectivity index (χ1n) is 8.69. The minimum Gasteiger partial charge on any atom is -0.480 e. The monoisotopic (exact) mass is 454 g/mol. The van der Waals surface area contributed by atoms with Crippen LogP contribution in [0.25, 0.3) is 0 Å². The fourth-order valence-electron chi connectivity index (χ4n) is 2.08. The molecule has 4 unspecified atom stereocenters. The predicted molar refractivity (Wildman–Crippen MR) is 117 cm³/mol. The maximum absolute atomic E-state index is 12.5. The van der Waals surface area contributed by atoms with Crippen molar-refractivity contribution in [3.63, 3.8) is 0 Å². The Kier molecular flexibility index (Phi) is 13.4. The average molecular weight is 455 g/mol. The molecule has 162 valence electrons. The Morgan fingerprint density at radius 3 is 1.93 bits per heavy atom. The fraction of sp³-hybridized carbons (Fsp3) is 0.750. The molecule has 12 heteroatoms. The van der Waals surface area contributed by atoms with E-state index in [2.05, 4.69) is 41.2 Å². The van der Waals surface area contributed by atoms with Crippen LogP contribution in [0.5, 0.6) is 0 Å². The van der Waals surface area contributed by atoms with Crippen LogP contribution in [-0.2, 0) is 19.2 Å². The van der Waals surface area contributed by atoms with E-state index in [0.29, 0.717) is 12.2 Å². The molecule has 0 aromatic rings. The molecule has 3 amide bonds. The third-order valence-electron chi connectivity index (χ3n) is 3.83. The highest BCUT2D eigenvalue weighted by atomic mass is 32.2. The highest BCUT2D eigenvalue weighted by Gasteiger charge is 2.31. The van der Waals surface area contributed by atoms with Crippen molar-refractivity contribution >= 4 is 60.7 Å². The van der Waals surface area contributed by atoms with Gasteiger partial charge in [-0.2, -0.15) is 37.0 Å².